The van der Waals surface area contributed by atoms with Crippen molar-refractivity contribution < 1.29 is 19.8 Å². The lowest BCUT2D eigenvalue weighted by Crippen LogP contribution is -2.30. The van der Waals surface area contributed by atoms with Gasteiger partial charge in [-0.1, -0.05) is 63.7 Å². The molecule has 2 aliphatic rings. The fraction of sp³-hybridized carbons (Fsp3) is 0.750. The van der Waals surface area contributed by atoms with Crippen molar-refractivity contribution in [3.63, 3.8) is 0 Å². The summed E-state index contributed by atoms with van der Waals surface area (Å²) < 4.78 is 0. The predicted octanol–water partition coefficient (Wildman–Crippen LogP) is 5.45. The molecule has 0 heterocycles. The average molecular weight is 391 g/mol. The fourth-order valence-corrected chi connectivity index (χ4v) is 4.38. The van der Waals surface area contributed by atoms with Gasteiger partial charge in [0.25, 0.3) is 0 Å². The van der Waals surface area contributed by atoms with Gasteiger partial charge in [-0.15, -0.1) is 0 Å². The van der Waals surface area contributed by atoms with Gasteiger partial charge < -0.3 is 10.2 Å². The van der Waals surface area contributed by atoms with E-state index < -0.39 is 11.6 Å². The maximum Gasteiger partial charge on any atom is 0.303 e. The molecular formula is C24H38O4. The second-order valence-electron chi connectivity index (χ2n) is 8.76. The van der Waals surface area contributed by atoms with Crippen LogP contribution in [-0.4, -0.2) is 27.6 Å². The van der Waals surface area contributed by atoms with Crippen LogP contribution in [0, 0.1) is 17.8 Å². The van der Waals surface area contributed by atoms with Gasteiger partial charge in [-0.05, 0) is 50.5 Å². The highest BCUT2D eigenvalue weighted by atomic mass is 16.4. The molecule has 0 bridgehead atoms. The number of carboxylic acids is 1. The van der Waals surface area contributed by atoms with E-state index in [1.165, 1.54) is 12.8 Å². The molecule has 28 heavy (non-hydrogen) atoms. The van der Waals surface area contributed by atoms with Crippen molar-refractivity contribution in [1.29, 1.82) is 0 Å². The van der Waals surface area contributed by atoms with Crippen molar-refractivity contribution in [2.75, 3.05) is 0 Å². The Labute approximate surface area is 170 Å². The van der Waals surface area contributed by atoms with Crippen molar-refractivity contribution in [3.05, 3.63) is 24.3 Å². The highest BCUT2D eigenvalue weighted by Crippen LogP contribution is 2.44. The van der Waals surface area contributed by atoms with Crippen LogP contribution in [-0.2, 0) is 9.59 Å². The minimum absolute atomic E-state index is 0.0184. The van der Waals surface area contributed by atoms with E-state index in [9.17, 15) is 14.7 Å². The van der Waals surface area contributed by atoms with Crippen molar-refractivity contribution in [2.24, 2.45) is 17.8 Å². The van der Waals surface area contributed by atoms with Crippen molar-refractivity contribution in [2.45, 2.75) is 96.0 Å². The molecule has 0 radical (unpaired) electrons. The molecular weight excluding hydrogens is 352 g/mol. The minimum Gasteiger partial charge on any atom is -0.481 e. The molecule has 4 heteroatoms. The smallest absolute Gasteiger partial charge is 0.303 e. The molecule has 158 valence electrons. The minimum atomic E-state index is -0.735. The predicted molar refractivity (Wildman–Crippen MR) is 112 cm³/mol. The van der Waals surface area contributed by atoms with Crippen LogP contribution < -0.4 is 0 Å². The van der Waals surface area contributed by atoms with Gasteiger partial charge in [0.15, 0.2) is 5.78 Å². The number of carbonyl (C=O) groups is 2. The number of carbonyl (C=O) groups excluding carboxylic acids is 1. The Balaban J connectivity index is 1.76. The van der Waals surface area contributed by atoms with E-state index in [-0.39, 0.29) is 24.0 Å². The quantitative estimate of drug-likeness (QED) is 0.288. The molecule has 2 rings (SSSR count). The number of aliphatic hydroxyl groups is 1. The summed E-state index contributed by atoms with van der Waals surface area (Å²) in [4.78, 5) is 22.7. The van der Waals surface area contributed by atoms with Gasteiger partial charge in [-0.3, -0.25) is 9.59 Å². The third kappa shape index (κ3) is 7.54. The SMILES string of the molecule is CCCCCC(O)(C/C=C/[C@H]1C=CC(=O)[C@@H]1CCCCCCC(=O)O)C1CC1. The number of hydrogen-bond donors (Lipinski definition) is 2. The van der Waals surface area contributed by atoms with Crippen LogP contribution in [0.4, 0.5) is 0 Å². The summed E-state index contributed by atoms with van der Waals surface area (Å²) in [5.74, 6) is 0.0913. The number of aliphatic carboxylic acids is 1. The molecule has 1 fully saturated rings. The van der Waals surface area contributed by atoms with Gasteiger partial charge >= 0.3 is 5.97 Å². The first-order chi connectivity index (χ1) is 13.5. The van der Waals surface area contributed by atoms with E-state index in [2.05, 4.69) is 19.1 Å². The summed E-state index contributed by atoms with van der Waals surface area (Å²) in [7, 11) is 0. The first-order valence-corrected chi connectivity index (χ1v) is 11.3. The summed E-state index contributed by atoms with van der Waals surface area (Å²) in [6.45, 7) is 2.19. The lowest BCUT2D eigenvalue weighted by Gasteiger charge is -2.27. The molecule has 4 nitrogen and oxygen atoms in total. The molecule has 0 aromatic carbocycles. The van der Waals surface area contributed by atoms with Gasteiger partial charge in [-0.2, -0.15) is 0 Å². The monoisotopic (exact) mass is 390 g/mol. The highest BCUT2D eigenvalue weighted by molar-refractivity contribution is 5.94. The van der Waals surface area contributed by atoms with Gasteiger partial charge in [0, 0.05) is 18.3 Å². The molecule has 3 atom stereocenters. The molecule has 0 spiro atoms. The largest absolute Gasteiger partial charge is 0.481 e. The van der Waals surface area contributed by atoms with Crippen LogP contribution in [0.25, 0.3) is 0 Å². The maximum absolute atomic E-state index is 12.2. The first kappa shape index (κ1) is 22.9. The molecule has 2 N–H and O–H groups in total. The van der Waals surface area contributed by atoms with Crippen molar-refractivity contribution in [1.82, 2.24) is 0 Å². The lowest BCUT2D eigenvalue weighted by atomic mass is 9.85. The van der Waals surface area contributed by atoms with E-state index in [1.54, 1.807) is 6.08 Å². The molecule has 0 aliphatic heterocycles. The van der Waals surface area contributed by atoms with Crippen molar-refractivity contribution >= 4 is 11.8 Å². The Kier molecular flexibility index (Phi) is 9.43. The van der Waals surface area contributed by atoms with E-state index in [0.717, 1.165) is 51.4 Å². The molecule has 2 aliphatic carbocycles. The molecule has 1 saturated carbocycles. The third-order valence-electron chi connectivity index (χ3n) is 6.35. The summed E-state index contributed by atoms with van der Waals surface area (Å²) >= 11 is 0. The van der Waals surface area contributed by atoms with Gasteiger partial charge in [-0.25, -0.2) is 0 Å². The molecule has 1 unspecified atom stereocenters. The van der Waals surface area contributed by atoms with Crippen LogP contribution in [0.15, 0.2) is 24.3 Å². The number of ketones is 1. The number of unbranched alkanes of at least 4 members (excludes halogenated alkanes) is 5. The summed E-state index contributed by atoms with van der Waals surface area (Å²) in [6.07, 6.45) is 19.9. The van der Waals surface area contributed by atoms with Crippen LogP contribution >= 0.6 is 0 Å². The van der Waals surface area contributed by atoms with E-state index in [0.29, 0.717) is 18.8 Å². The maximum atomic E-state index is 12.2. The lowest BCUT2D eigenvalue weighted by molar-refractivity contribution is -0.137. The Morgan fingerprint density at radius 1 is 1.18 bits per heavy atom. The highest BCUT2D eigenvalue weighted by Gasteiger charge is 2.42. The van der Waals surface area contributed by atoms with Crippen molar-refractivity contribution in [3.8, 4) is 0 Å². The van der Waals surface area contributed by atoms with Gasteiger partial charge in [0.05, 0.1) is 5.60 Å². The summed E-state index contributed by atoms with van der Waals surface area (Å²) in [5, 5.41) is 19.7. The molecule has 0 aromatic rings. The molecule has 0 aromatic heterocycles. The Morgan fingerprint density at radius 3 is 2.61 bits per heavy atom. The number of rotatable bonds is 15. The topological polar surface area (TPSA) is 74.6 Å². The Bertz CT molecular complexity index is 561. The molecule has 0 saturated heterocycles. The zero-order valence-corrected chi connectivity index (χ0v) is 17.4. The van der Waals surface area contributed by atoms with Crippen LogP contribution in [0.1, 0.15) is 90.4 Å². The first-order valence-electron chi connectivity index (χ1n) is 11.3. The number of hydrogen-bond acceptors (Lipinski definition) is 3. The number of allylic oxidation sites excluding steroid dienone is 3. The van der Waals surface area contributed by atoms with Crippen LogP contribution in [0.3, 0.4) is 0 Å². The summed E-state index contributed by atoms with van der Waals surface area (Å²) in [6, 6.07) is 0. The average Bonchev–Trinajstić information content (AvgIpc) is 3.45. The van der Waals surface area contributed by atoms with Crippen LogP contribution in [0.5, 0.6) is 0 Å². The second-order valence-corrected chi connectivity index (χ2v) is 8.76. The second kappa shape index (κ2) is 11.5. The number of carboxylic acid groups (broad SMARTS) is 1. The fourth-order valence-electron chi connectivity index (χ4n) is 4.38. The zero-order chi connectivity index (χ0) is 20.4. The Hall–Kier alpha value is -1.42. The third-order valence-corrected chi connectivity index (χ3v) is 6.35. The summed E-state index contributed by atoms with van der Waals surface area (Å²) in [5.41, 5.74) is -0.558. The Morgan fingerprint density at radius 2 is 1.93 bits per heavy atom. The van der Waals surface area contributed by atoms with E-state index in [1.807, 2.05) is 6.08 Å². The van der Waals surface area contributed by atoms with E-state index >= 15 is 0 Å². The normalized spacial score (nSPS) is 24.1. The zero-order valence-electron chi connectivity index (χ0n) is 17.4. The molecule has 0 amide bonds. The standard InChI is InChI=1S/C24H38O4/c1-2-3-8-17-24(28,20-14-15-20)18-9-10-19-13-16-22(25)21(19)11-6-4-5-7-12-23(26)27/h9-10,13,16,19-21,28H,2-8,11-12,14-15,17-18H2,1H3,(H,26,27)/b10-9+/t19-,21+,24?/m0/s1. The van der Waals surface area contributed by atoms with Gasteiger partial charge in [0.1, 0.15) is 0 Å². The van der Waals surface area contributed by atoms with E-state index in [4.69, 9.17) is 5.11 Å². The van der Waals surface area contributed by atoms with Crippen LogP contribution in [0.2, 0.25) is 0 Å². The van der Waals surface area contributed by atoms with Gasteiger partial charge in [0.2, 0.25) is 0 Å².